The van der Waals surface area contributed by atoms with Crippen LogP contribution in [0.15, 0.2) is 30.3 Å². The largest absolute Gasteiger partial charge is 0.478 e. The van der Waals surface area contributed by atoms with E-state index in [-0.39, 0.29) is 0 Å². The van der Waals surface area contributed by atoms with Crippen LogP contribution < -0.4 is 0 Å². The molecule has 2 N–H and O–H groups in total. The van der Waals surface area contributed by atoms with Crippen molar-refractivity contribution in [2.24, 2.45) is 0 Å². The van der Waals surface area contributed by atoms with Crippen molar-refractivity contribution in [3.8, 4) is 0 Å². The Morgan fingerprint density at radius 3 is 1.79 bits per heavy atom. The first-order valence-corrected chi connectivity index (χ1v) is 4.60. The second-order valence-electron chi connectivity index (χ2n) is 2.08. The summed E-state index contributed by atoms with van der Waals surface area (Å²) in [5.74, 6) is -0.879. The highest BCUT2D eigenvalue weighted by atomic mass is 32.3. The average Bonchev–Trinajstić information content (AvgIpc) is 2.03. The molecular formula is C7H7FO5S. The molecule has 1 rings (SSSR count). The van der Waals surface area contributed by atoms with Crippen LogP contribution >= 0.6 is 0 Å². The van der Waals surface area contributed by atoms with Gasteiger partial charge in [-0.05, 0) is 12.1 Å². The normalized spacial score (nSPS) is 9.86. The summed E-state index contributed by atoms with van der Waals surface area (Å²) in [5, 5.41) is 8.38. The minimum atomic E-state index is -5.17. The quantitative estimate of drug-likeness (QED) is 0.549. The van der Waals surface area contributed by atoms with Crippen molar-refractivity contribution in [3.05, 3.63) is 35.9 Å². The first-order chi connectivity index (χ1) is 6.30. The van der Waals surface area contributed by atoms with Crippen molar-refractivity contribution in [2.75, 3.05) is 0 Å². The topological polar surface area (TPSA) is 91.7 Å². The Morgan fingerprint density at radius 1 is 1.21 bits per heavy atom. The van der Waals surface area contributed by atoms with E-state index in [1.54, 1.807) is 30.3 Å². The smallest absolute Gasteiger partial charge is 0.435 e. The maximum absolute atomic E-state index is 10.2. The molecule has 14 heavy (non-hydrogen) atoms. The molecule has 1 aromatic carbocycles. The Balaban J connectivity index is 0.000000292. The summed E-state index contributed by atoms with van der Waals surface area (Å²) in [6, 6.07) is 8.30. The van der Waals surface area contributed by atoms with Crippen LogP contribution in [0, 0.1) is 0 Å². The van der Waals surface area contributed by atoms with Crippen molar-refractivity contribution in [3.63, 3.8) is 0 Å². The number of carboxylic acid groups (broad SMARTS) is 1. The van der Waals surface area contributed by atoms with Gasteiger partial charge in [-0.2, -0.15) is 8.42 Å². The van der Waals surface area contributed by atoms with Crippen molar-refractivity contribution in [1.29, 1.82) is 0 Å². The summed E-state index contributed by atoms with van der Waals surface area (Å²) in [7, 11) is -5.17. The fraction of sp³-hybridized carbons (Fsp3) is 0. The molecule has 0 aliphatic rings. The van der Waals surface area contributed by atoms with Crippen LogP contribution in [0.3, 0.4) is 0 Å². The highest BCUT2D eigenvalue weighted by Crippen LogP contribution is 1.96. The maximum atomic E-state index is 10.2. The summed E-state index contributed by atoms with van der Waals surface area (Å²) >= 11 is 0. The molecule has 0 saturated heterocycles. The van der Waals surface area contributed by atoms with Gasteiger partial charge in [-0.15, -0.1) is 0 Å². The Bertz CT molecular complexity index is 378. The molecule has 0 aliphatic carbocycles. The summed E-state index contributed by atoms with van der Waals surface area (Å²) in [6.45, 7) is 0. The molecule has 0 fully saturated rings. The van der Waals surface area contributed by atoms with Gasteiger partial charge in [0.15, 0.2) is 0 Å². The zero-order chi connectivity index (χ0) is 11.2. The van der Waals surface area contributed by atoms with Crippen molar-refractivity contribution in [2.45, 2.75) is 0 Å². The van der Waals surface area contributed by atoms with Gasteiger partial charge in [-0.1, -0.05) is 22.1 Å². The molecule has 0 aliphatic heterocycles. The first kappa shape index (κ1) is 12.5. The van der Waals surface area contributed by atoms with E-state index in [4.69, 9.17) is 18.1 Å². The number of hydrogen-bond donors (Lipinski definition) is 2. The van der Waals surface area contributed by atoms with Gasteiger partial charge in [0.25, 0.3) is 0 Å². The van der Waals surface area contributed by atoms with Crippen LogP contribution in [0.5, 0.6) is 0 Å². The fourth-order valence-corrected chi connectivity index (χ4v) is 0.581. The maximum Gasteiger partial charge on any atom is 0.435 e. The predicted molar refractivity (Wildman–Crippen MR) is 46.1 cm³/mol. The lowest BCUT2D eigenvalue weighted by atomic mass is 10.2. The molecule has 1 aromatic rings. The van der Waals surface area contributed by atoms with E-state index in [2.05, 4.69) is 0 Å². The lowest BCUT2D eigenvalue weighted by Gasteiger charge is -1.88. The van der Waals surface area contributed by atoms with Gasteiger partial charge < -0.3 is 5.11 Å². The number of carboxylic acids is 1. The molecule has 0 aromatic heterocycles. The second kappa shape index (κ2) is 5.30. The summed E-state index contributed by atoms with van der Waals surface area (Å²) in [4.78, 5) is 10.2. The van der Waals surface area contributed by atoms with Crippen LogP contribution in [0.4, 0.5) is 3.89 Å². The Kier molecular flexibility index (Phi) is 4.74. The molecule has 78 valence electrons. The standard InChI is InChI=1S/C7H6O2.FHO3S/c8-7(9)6-4-2-1-3-5-6;1-5(2,3)4/h1-5H,(H,8,9);(H,2,3,4). The molecule has 0 heterocycles. The molecule has 0 amide bonds. The number of halogens is 1. The van der Waals surface area contributed by atoms with E-state index >= 15 is 0 Å². The van der Waals surface area contributed by atoms with Crippen molar-refractivity contribution in [1.82, 2.24) is 0 Å². The third kappa shape index (κ3) is 8.62. The van der Waals surface area contributed by atoms with E-state index < -0.39 is 16.5 Å². The zero-order valence-corrected chi connectivity index (χ0v) is 7.61. The lowest BCUT2D eigenvalue weighted by Crippen LogP contribution is -1.93. The summed E-state index contributed by atoms with van der Waals surface area (Å²) in [5.41, 5.74) is 0.331. The second-order valence-corrected chi connectivity index (χ2v) is 2.91. The van der Waals surface area contributed by atoms with Gasteiger partial charge >= 0.3 is 16.5 Å². The molecular weight excluding hydrogens is 215 g/mol. The average molecular weight is 222 g/mol. The van der Waals surface area contributed by atoms with Crippen LogP contribution in [0.1, 0.15) is 10.4 Å². The molecule has 0 radical (unpaired) electrons. The number of hydrogen-bond acceptors (Lipinski definition) is 3. The predicted octanol–water partition coefficient (Wildman–Crippen LogP) is 1.14. The molecule has 7 heteroatoms. The third-order valence-electron chi connectivity index (χ3n) is 1.02. The number of aromatic carboxylic acids is 1. The van der Waals surface area contributed by atoms with Crippen LogP contribution in [-0.2, 0) is 10.5 Å². The number of benzene rings is 1. The highest BCUT2D eigenvalue weighted by molar-refractivity contribution is 7.80. The van der Waals surface area contributed by atoms with E-state index in [0.717, 1.165) is 0 Å². The van der Waals surface area contributed by atoms with Gasteiger partial charge in [-0.3, -0.25) is 4.55 Å². The molecule has 0 spiro atoms. The first-order valence-electron chi connectivity index (χ1n) is 3.26. The van der Waals surface area contributed by atoms with Crippen molar-refractivity contribution >= 4 is 16.5 Å². The Morgan fingerprint density at radius 2 is 1.57 bits per heavy atom. The fourth-order valence-electron chi connectivity index (χ4n) is 0.581. The van der Waals surface area contributed by atoms with Gasteiger partial charge in [0.2, 0.25) is 0 Å². The lowest BCUT2D eigenvalue weighted by molar-refractivity contribution is 0.0697. The third-order valence-corrected chi connectivity index (χ3v) is 1.02. The number of carbonyl (C=O) groups is 1. The van der Waals surface area contributed by atoms with E-state index in [1.165, 1.54) is 0 Å². The summed E-state index contributed by atoms with van der Waals surface area (Å²) in [6.07, 6.45) is 0. The molecule has 5 nitrogen and oxygen atoms in total. The highest BCUT2D eigenvalue weighted by Gasteiger charge is 1.96. The minimum Gasteiger partial charge on any atom is -0.478 e. The van der Waals surface area contributed by atoms with E-state index in [1.807, 2.05) is 0 Å². The van der Waals surface area contributed by atoms with Gasteiger partial charge in [0.05, 0.1) is 5.56 Å². The molecule has 0 saturated carbocycles. The van der Waals surface area contributed by atoms with Crippen LogP contribution in [0.2, 0.25) is 0 Å². The van der Waals surface area contributed by atoms with Gasteiger partial charge in [0.1, 0.15) is 0 Å². The summed E-state index contributed by atoms with van der Waals surface area (Å²) < 4.78 is 34.1. The van der Waals surface area contributed by atoms with Gasteiger partial charge in [0, 0.05) is 0 Å². The molecule has 0 atom stereocenters. The van der Waals surface area contributed by atoms with Crippen LogP contribution in [-0.4, -0.2) is 24.0 Å². The minimum absolute atomic E-state index is 0.331. The van der Waals surface area contributed by atoms with E-state index in [0.29, 0.717) is 5.56 Å². The zero-order valence-electron chi connectivity index (χ0n) is 6.79. The Hall–Kier alpha value is -1.47. The Labute approximate surface area is 79.8 Å². The molecule has 0 unspecified atom stereocenters. The van der Waals surface area contributed by atoms with Crippen molar-refractivity contribution < 1.29 is 26.8 Å². The SMILES string of the molecule is O=C(O)c1ccccc1.O=S(=O)(O)F. The molecule has 0 bridgehead atoms. The number of rotatable bonds is 1. The van der Waals surface area contributed by atoms with Crippen LogP contribution in [0.25, 0.3) is 0 Å². The van der Waals surface area contributed by atoms with Gasteiger partial charge in [-0.25, -0.2) is 4.79 Å². The van der Waals surface area contributed by atoms with E-state index in [9.17, 15) is 8.68 Å². The monoisotopic (exact) mass is 222 g/mol.